The average molecular weight is 411 g/mol. The molecule has 1 amide bonds. The number of likely N-dealkylation sites (tertiary alicyclic amines) is 2. The summed E-state index contributed by atoms with van der Waals surface area (Å²) in [7, 11) is 0. The van der Waals surface area contributed by atoms with Gasteiger partial charge in [0.2, 0.25) is 0 Å². The molecule has 2 saturated heterocycles. The number of benzene rings is 1. The van der Waals surface area contributed by atoms with Crippen molar-refractivity contribution in [3.63, 3.8) is 0 Å². The molecule has 0 aliphatic carbocycles. The highest BCUT2D eigenvalue weighted by Crippen LogP contribution is 2.43. The average Bonchev–Trinajstić information content (AvgIpc) is 3.52. The van der Waals surface area contributed by atoms with Gasteiger partial charge in [0.15, 0.2) is 5.69 Å². The lowest BCUT2D eigenvalue weighted by Crippen LogP contribution is -2.38. The van der Waals surface area contributed by atoms with Crippen LogP contribution in [0.25, 0.3) is 5.69 Å². The number of aromatic nitrogens is 4. The van der Waals surface area contributed by atoms with Crippen LogP contribution >= 0.6 is 11.5 Å². The fourth-order valence-corrected chi connectivity index (χ4v) is 5.18. The van der Waals surface area contributed by atoms with Crippen LogP contribution in [0.15, 0.2) is 48.8 Å². The summed E-state index contributed by atoms with van der Waals surface area (Å²) < 4.78 is 5.78. The third kappa shape index (κ3) is 3.35. The van der Waals surface area contributed by atoms with Gasteiger partial charge >= 0.3 is 0 Å². The topological polar surface area (TPSA) is 87.4 Å². The van der Waals surface area contributed by atoms with Gasteiger partial charge in [-0.1, -0.05) is 23.4 Å². The minimum Gasteiger partial charge on any atom is -0.396 e. The lowest BCUT2D eigenvalue weighted by Gasteiger charge is -2.27. The van der Waals surface area contributed by atoms with Gasteiger partial charge in [-0.05, 0) is 35.6 Å². The molecule has 9 heteroatoms. The van der Waals surface area contributed by atoms with Crippen molar-refractivity contribution < 1.29 is 9.90 Å². The third-order valence-corrected chi connectivity index (χ3v) is 6.76. The number of aliphatic hydroxyl groups is 1. The van der Waals surface area contributed by atoms with Crippen molar-refractivity contribution in [3.05, 3.63) is 59.4 Å². The standard InChI is InChI=1S/C20H22N6O2S/c27-14-20-12-24(10-17-6-7-21-29-17)8-15(20)9-25(13-20)19(28)18-11-26(23-22-18)16-4-2-1-3-5-16/h1-7,11,15,27H,8-10,12-14H2. The second-order valence-electron chi connectivity index (χ2n) is 7.94. The first-order chi connectivity index (χ1) is 14.2. The molecule has 3 aromatic rings. The maximum atomic E-state index is 13.0. The molecular weight excluding hydrogens is 388 g/mol. The first-order valence-corrected chi connectivity index (χ1v) is 10.4. The van der Waals surface area contributed by atoms with E-state index in [-0.39, 0.29) is 23.8 Å². The van der Waals surface area contributed by atoms with Gasteiger partial charge in [-0.2, -0.15) is 0 Å². The predicted molar refractivity (Wildman–Crippen MR) is 108 cm³/mol. The quantitative estimate of drug-likeness (QED) is 0.682. The summed E-state index contributed by atoms with van der Waals surface area (Å²) in [5.41, 5.74) is 0.932. The Morgan fingerprint density at radius 3 is 2.79 bits per heavy atom. The number of fused-ring (bicyclic) bond motifs is 1. The largest absolute Gasteiger partial charge is 0.396 e. The molecule has 1 aromatic carbocycles. The zero-order valence-corrected chi connectivity index (χ0v) is 16.7. The Kier molecular flexibility index (Phi) is 4.65. The molecule has 0 saturated carbocycles. The number of para-hydroxylation sites is 1. The monoisotopic (exact) mass is 410 g/mol. The zero-order valence-electron chi connectivity index (χ0n) is 15.9. The molecule has 2 atom stereocenters. The first-order valence-electron chi connectivity index (χ1n) is 9.67. The lowest BCUT2D eigenvalue weighted by molar-refractivity contribution is 0.0713. The van der Waals surface area contributed by atoms with Crippen molar-refractivity contribution in [1.29, 1.82) is 0 Å². The van der Waals surface area contributed by atoms with E-state index in [9.17, 15) is 9.90 Å². The summed E-state index contributed by atoms with van der Waals surface area (Å²) in [4.78, 5) is 18.4. The smallest absolute Gasteiger partial charge is 0.276 e. The van der Waals surface area contributed by atoms with Crippen LogP contribution in [0.5, 0.6) is 0 Å². The lowest BCUT2D eigenvalue weighted by atomic mass is 9.82. The molecule has 2 fully saturated rings. The molecule has 2 aromatic heterocycles. The number of amides is 1. The van der Waals surface area contributed by atoms with Crippen LogP contribution in [0.1, 0.15) is 15.4 Å². The molecular formula is C20H22N6O2S. The molecule has 0 radical (unpaired) electrons. The maximum absolute atomic E-state index is 13.0. The number of hydrogen-bond donors (Lipinski definition) is 1. The van der Waals surface area contributed by atoms with Gasteiger partial charge in [-0.3, -0.25) is 9.69 Å². The summed E-state index contributed by atoms with van der Waals surface area (Å²) in [5.74, 6) is 0.136. The molecule has 4 heterocycles. The number of nitrogens with zero attached hydrogens (tertiary/aromatic N) is 6. The summed E-state index contributed by atoms with van der Waals surface area (Å²) in [6.07, 6.45) is 3.50. The summed E-state index contributed by atoms with van der Waals surface area (Å²) in [6.45, 7) is 3.77. The fourth-order valence-electron chi connectivity index (χ4n) is 4.56. The number of carbonyl (C=O) groups excluding carboxylic acids is 1. The highest BCUT2D eigenvalue weighted by atomic mass is 32.1. The molecule has 1 N–H and O–H groups in total. The van der Waals surface area contributed by atoms with Gasteiger partial charge in [0.25, 0.3) is 5.91 Å². The summed E-state index contributed by atoms with van der Waals surface area (Å²) in [6, 6.07) is 11.6. The van der Waals surface area contributed by atoms with E-state index in [1.165, 1.54) is 16.4 Å². The van der Waals surface area contributed by atoms with Crippen LogP contribution in [0.3, 0.4) is 0 Å². The van der Waals surface area contributed by atoms with Gasteiger partial charge in [-0.25, -0.2) is 9.06 Å². The van der Waals surface area contributed by atoms with E-state index < -0.39 is 0 Å². The van der Waals surface area contributed by atoms with E-state index in [0.717, 1.165) is 25.3 Å². The number of aliphatic hydroxyl groups excluding tert-OH is 1. The second-order valence-corrected chi connectivity index (χ2v) is 8.85. The van der Waals surface area contributed by atoms with Crippen LogP contribution < -0.4 is 0 Å². The molecule has 5 rings (SSSR count). The molecule has 2 aliphatic rings. The Morgan fingerprint density at radius 1 is 1.21 bits per heavy atom. The maximum Gasteiger partial charge on any atom is 0.276 e. The Bertz CT molecular complexity index is 992. The van der Waals surface area contributed by atoms with Gasteiger partial charge in [0, 0.05) is 49.2 Å². The van der Waals surface area contributed by atoms with Crippen molar-refractivity contribution >= 4 is 17.4 Å². The van der Waals surface area contributed by atoms with Crippen molar-refractivity contribution in [2.24, 2.45) is 11.3 Å². The van der Waals surface area contributed by atoms with Crippen LogP contribution in [0, 0.1) is 11.3 Å². The normalized spacial score (nSPS) is 24.2. The molecule has 0 bridgehead atoms. The number of hydrogen-bond acceptors (Lipinski definition) is 7. The Hall–Kier alpha value is -2.62. The van der Waals surface area contributed by atoms with Gasteiger partial charge in [0.05, 0.1) is 18.5 Å². The van der Waals surface area contributed by atoms with E-state index in [1.807, 2.05) is 47.5 Å². The Balaban J connectivity index is 1.28. The van der Waals surface area contributed by atoms with E-state index >= 15 is 0 Å². The van der Waals surface area contributed by atoms with Crippen LogP contribution in [0.4, 0.5) is 0 Å². The fraction of sp³-hybridized carbons (Fsp3) is 0.400. The summed E-state index contributed by atoms with van der Waals surface area (Å²) >= 11 is 1.51. The van der Waals surface area contributed by atoms with Gasteiger partial charge in [-0.15, -0.1) is 5.10 Å². The van der Waals surface area contributed by atoms with E-state index in [2.05, 4.69) is 19.6 Å². The van der Waals surface area contributed by atoms with E-state index in [1.54, 1.807) is 10.9 Å². The molecule has 2 unspecified atom stereocenters. The van der Waals surface area contributed by atoms with Crippen molar-refractivity contribution in [2.75, 3.05) is 32.8 Å². The predicted octanol–water partition coefficient (Wildman–Crippen LogP) is 1.29. The molecule has 150 valence electrons. The van der Waals surface area contributed by atoms with Gasteiger partial charge < -0.3 is 10.0 Å². The van der Waals surface area contributed by atoms with E-state index in [0.29, 0.717) is 18.8 Å². The highest BCUT2D eigenvalue weighted by molar-refractivity contribution is 7.05. The second kappa shape index (κ2) is 7.33. The molecule has 0 spiro atoms. The third-order valence-electron chi connectivity index (χ3n) is 6.04. The van der Waals surface area contributed by atoms with E-state index in [4.69, 9.17) is 0 Å². The highest BCUT2D eigenvalue weighted by Gasteiger charge is 2.53. The number of carbonyl (C=O) groups is 1. The first kappa shape index (κ1) is 18.4. The van der Waals surface area contributed by atoms with Crippen molar-refractivity contribution in [3.8, 4) is 5.69 Å². The Labute approximate surface area is 172 Å². The minimum absolute atomic E-state index is 0.0807. The molecule has 2 aliphatic heterocycles. The zero-order chi connectivity index (χ0) is 19.8. The van der Waals surface area contributed by atoms with Crippen LogP contribution in [-0.4, -0.2) is 73.0 Å². The summed E-state index contributed by atoms with van der Waals surface area (Å²) in [5, 5.41) is 18.4. The van der Waals surface area contributed by atoms with Crippen LogP contribution in [0.2, 0.25) is 0 Å². The molecule has 8 nitrogen and oxygen atoms in total. The minimum atomic E-state index is -0.268. The van der Waals surface area contributed by atoms with Crippen LogP contribution in [-0.2, 0) is 6.54 Å². The van der Waals surface area contributed by atoms with Crippen molar-refractivity contribution in [2.45, 2.75) is 6.54 Å². The number of rotatable bonds is 5. The molecule has 29 heavy (non-hydrogen) atoms. The SMILES string of the molecule is O=C(c1cn(-c2ccccc2)nn1)N1CC2CN(Cc3ccns3)CC2(CO)C1. The van der Waals surface area contributed by atoms with Gasteiger partial charge in [0.1, 0.15) is 0 Å². The Morgan fingerprint density at radius 2 is 2.07 bits per heavy atom. The van der Waals surface area contributed by atoms with Crippen molar-refractivity contribution in [1.82, 2.24) is 29.2 Å².